The van der Waals surface area contributed by atoms with E-state index in [-0.39, 0.29) is 10.3 Å². The molecule has 1 aliphatic heterocycles. The van der Waals surface area contributed by atoms with E-state index in [1.807, 2.05) is 6.07 Å². The van der Waals surface area contributed by atoms with Crippen molar-refractivity contribution in [1.29, 1.82) is 0 Å². The molecule has 0 aliphatic carbocycles. The minimum absolute atomic E-state index is 0.148. The van der Waals surface area contributed by atoms with Gasteiger partial charge in [-0.05, 0) is 19.1 Å². The number of amides is 1. The van der Waals surface area contributed by atoms with Gasteiger partial charge in [0.1, 0.15) is 22.0 Å². The molecule has 0 bridgehead atoms. The number of hydrogen-bond donors (Lipinski definition) is 2. The van der Waals surface area contributed by atoms with Crippen molar-refractivity contribution >= 4 is 40.8 Å². The van der Waals surface area contributed by atoms with Gasteiger partial charge in [-0.15, -0.1) is 0 Å². The number of halogens is 1. The number of ether oxygens (including phenoxy) is 1. The fraction of sp³-hybridized carbons (Fsp3) is 0.312. The standard InChI is InChI=1S/C16H17IN2O5/c1-9(2)12(16(22)23)19-14(17)13(15(19)18-11(21)8-20)24-10-6-4-3-5-7-10/h3-8,12-15H,1H2,2H3,(H,18,21)(H,22,23). The SMILES string of the molecule is C=C(C)C(C(=O)O)N1C(I)C(Oc2ccccc2)C1NC(=O)C=O. The van der Waals surface area contributed by atoms with Crippen LogP contribution >= 0.6 is 22.6 Å². The number of para-hydroxylation sites is 1. The summed E-state index contributed by atoms with van der Waals surface area (Å²) in [4.78, 5) is 35.3. The van der Waals surface area contributed by atoms with E-state index in [4.69, 9.17) is 4.74 Å². The Kier molecular flexibility index (Phi) is 5.94. The molecule has 1 aromatic carbocycles. The molecule has 4 unspecified atom stereocenters. The summed E-state index contributed by atoms with van der Waals surface area (Å²) < 4.78 is 5.54. The summed E-state index contributed by atoms with van der Waals surface area (Å²) >= 11 is 2.06. The van der Waals surface area contributed by atoms with Crippen LogP contribution in [0, 0.1) is 0 Å². The maximum Gasteiger partial charge on any atom is 0.325 e. The van der Waals surface area contributed by atoms with Gasteiger partial charge in [-0.25, -0.2) is 4.90 Å². The van der Waals surface area contributed by atoms with Gasteiger partial charge < -0.3 is 15.2 Å². The molecule has 0 aromatic heterocycles. The molecular weight excluding hydrogens is 427 g/mol. The van der Waals surface area contributed by atoms with Crippen LogP contribution in [0.15, 0.2) is 42.5 Å². The Bertz CT molecular complexity index is 637. The van der Waals surface area contributed by atoms with Gasteiger partial charge in [0.25, 0.3) is 5.91 Å². The van der Waals surface area contributed by atoms with E-state index in [9.17, 15) is 19.5 Å². The largest absolute Gasteiger partial charge is 0.484 e. The van der Waals surface area contributed by atoms with Gasteiger partial charge in [0.15, 0.2) is 6.10 Å². The van der Waals surface area contributed by atoms with Crippen molar-refractivity contribution in [2.75, 3.05) is 0 Å². The fourth-order valence-corrected chi connectivity index (χ4v) is 3.76. The van der Waals surface area contributed by atoms with E-state index in [1.54, 1.807) is 36.1 Å². The molecule has 2 N–H and O–H groups in total. The van der Waals surface area contributed by atoms with Crippen molar-refractivity contribution in [1.82, 2.24) is 10.2 Å². The third-order valence-corrected chi connectivity index (χ3v) is 4.95. The number of carboxylic acid groups (broad SMARTS) is 1. The summed E-state index contributed by atoms with van der Waals surface area (Å²) in [6, 6.07) is 7.99. The Morgan fingerprint density at radius 3 is 2.54 bits per heavy atom. The molecule has 1 saturated heterocycles. The third-order valence-electron chi connectivity index (χ3n) is 3.60. The zero-order chi connectivity index (χ0) is 17.9. The molecule has 0 spiro atoms. The van der Waals surface area contributed by atoms with E-state index in [0.717, 1.165) is 0 Å². The Labute approximate surface area is 152 Å². The number of carbonyl (C=O) groups is 3. The maximum atomic E-state index is 11.6. The Morgan fingerprint density at radius 1 is 1.42 bits per heavy atom. The van der Waals surface area contributed by atoms with E-state index in [2.05, 4.69) is 34.5 Å². The Balaban J connectivity index is 2.25. The predicted octanol–water partition coefficient (Wildman–Crippen LogP) is 1.18. The van der Waals surface area contributed by atoms with E-state index in [1.165, 1.54) is 0 Å². The quantitative estimate of drug-likeness (QED) is 0.164. The number of hydrogen-bond acceptors (Lipinski definition) is 5. The highest BCUT2D eigenvalue weighted by atomic mass is 127. The van der Waals surface area contributed by atoms with Crippen molar-refractivity contribution in [2.24, 2.45) is 0 Å². The number of carboxylic acids is 1. The van der Waals surface area contributed by atoms with Crippen LogP contribution in [0.2, 0.25) is 0 Å². The lowest BCUT2D eigenvalue weighted by molar-refractivity contribution is -0.156. The summed E-state index contributed by atoms with van der Waals surface area (Å²) in [7, 11) is 0. The molecule has 7 nitrogen and oxygen atoms in total. The lowest BCUT2D eigenvalue weighted by Crippen LogP contribution is -2.76. The second-order valence-corrected chi connectivity index (χ2v) is 6.65. The molecule has 4 atom stereocenters. The van der Waals surface area contributed by atoms with Crippen LogP contribution < -0.4 is 10.1 Å². The zero-order valence-electron chi connectivity index (χ0n) is 12.9. The van der Waals surface area contributed by atoms with Gasteiger partial charge in [0, 0.05) is 0 Å². The van der Waals surface area contributed by atoms with E-state index in [0.29, 0.717) is 11.3 Å². The average Bonchev–Trinajstić information content (AvgIpc) is 2.56. The second-order valence-electron chi connectivity index (χ2n) is 5.37. The number of rotatable bonds is 7. The number of likely N-dealkylation sites (tertiary alicyclic amines) is 1. The topological polar surface area (TPSA) is 95.9 Å². The van der Waals surface area contributed by atoms with Crippen LogP contribution in [-0.4, -0.2) is 50.5 Å². The molecule has 0 saturated carbocycles. The minimum Gasteiger partial charge on any atom is -0.484 e. The van der Waals surface area contributed by atoms with Gasteiger partial charge in [-0.1, -0.05) is 52.9 Å². The summed E-state index contributed by atoms with van der Waals surface area (Å²) in [6.45, 7) is 5.31. The molecule has 128 valence electrons. The lowest BCUT2D eigenvalue weighted by Gasteiger charge is -2.53. The third kappa shape index (κ3) is 3.75. The van der Waals surface area contributed by atoms with Crippen molar-refractivity contribution in [3.63, 3.8) is 0 Å². The predicted molar refractivity (Wildman–Crippen MR) is 94.7 cm³/mol. The van der Waals surface area contributed by atoms with E-state index >= 15 is 0 Å². The molecule has 8 heteroatoms. The summed E-state index contributed by atoms with van der Waals surface area (Å²) in [5.41, 5.74) is 0.424. The molecule has 0 radical (unpaired) electrons. The van der Waals surface area contributed by atoms with E-state index < -0.39 is 30.2 Å². The smallest absolute Gasteiger partial charge is 0.325 e. The van der Waals surface area contributed by atoms with Crippen molar-refractivity contribution in [2.45, 2.75) is 29.3 Å². The number of nitrogens with zero attached hydrogens (tertiary/aromatic N) is 1. The lowest BCUT2D eigenvalue weighted by atomic mass is 9.98. The van der Waals surface area contributed by atoms with Crippen LogP contribution in [0.25, 0.3) is 0 Å². The zero-order valence-corrected chi connectivity index (χ0v) is 15.0. The van der Waals surface area contributed by atoms with Crippen molar-refractivity contribution in [3.05, 3.63) is 42.5 Å². The average molecular weight is 444 g/mol. The van der Waals surface area contributed by atoms with Gasteiger partial charge in [0.05, 0.1) is 0 Å². The summed E-state index contributed by atoms with van der Waals surface area (Å²) in [6.07, 6.45) is -1.10. The van der Waals surface area contributed by atoms with Gasteiger partial charge in [-0.2, -0.15) is 0 Å². The fourth-order valence-electron chi connectivity index (χ4n) is 2.55. The highest BCUT2D eigenvalue weighted by Crippen LogP contribution is 2.36. The van der Waals surface area contributed by atoms with Crippen LogP contribution in [0.4, 0.5) is 0 Å². The molecule has 1 aromatic rings. The highest BCUT2D eigenvalue weighted by molar-refractivity contribution is 14.1. The number of aliphatic carboxylic acids is 1. The van der Waals surface area contributed by atoms with Crippen molar-refractivity contribution < 1.29 is 24.2 Å². The van der Waals surface area contributed by atoms with Gasteiger partial charge in [0.2, 0.25) is 6.29 Å². The first-order chi connectivity index (χ1) is 11.4. The normalized spacial score (nSPS) is 24.3. The molecule has 1 fully saturated rings. The molecular formula is C16H17IN2O5. The maximum absolute atomic E-state index is 11.6. The molecule has 1 aliphatic rings. The Morgan fingerprint density at radius 2 is 2.04 bits per heavy atom. The van der Waals surface area contributed by atoms with Crippen LogP contribution in [0.3, 0.4) is 0 Å². The number of nitrogens with one attached hydrogen (secondary N) is 1. The van der Waals surface area contributed by atoms with Crippen LogP contribution in [0.1, 0.15) is 6.92 Å². The number of benzene rings is 1. The number of aldehydes is 1. The number of carbonyl (C=O) groups excluding carboxylic acids is 2. The number of alkyl halides is 1. The van der Waals surface area contributed by atoms with Crippen LogP contribution in [0.5, 0.6) is 5.75 Å². The molecule has 1 amide bonds. The first-order valence-electron chi connectivity index (χ1n) is 7.14. The molecule has 24 heavy (non-hydrogen) atoms. The monoisotopic (exact) mass is 444 g/mol. The van der Waals surface area contributed by atoms with Crippen LogP contribution in [-0.2, 0) is 14.4 Å². The second kappa shape index (κ2) is 7.75. The first kappa shape index (κ1) is 18.4. The van der Waals surface area contributed by atoms with Gasteiger partial charge in [-0.3, -0.25) is 14.4 Å². The van der Waals surface area contributed by atoms with Crippen molar-refractivity contribution in [3.8, 4) is 5.75 Å². The summed E-state index contributed by atoms with van der Waals surface area (Å²) in [5, 5.41) is 11.9. The minimum atomic E-state index is -1.08. The molecule has 2 rings (SSSR count). The first-order valence-corrected chi connectivity index (χ1v) is 8.38. The Hall–Kier alpha value is -1.94. The summed E-state index contributed by atoms with van der Waals surface area (Å²) in [5.74, 6) is -1.31. The molecule has 1 heterocycles. The van der Waals surface area contributed by atoms with Gasteiger partial charge >= 0.3 is 5.97 Å². The highest BCUT2D eigenvalue weighted by Gasteiger charge is 2.54.